The molecule has 1 amide bonds. The molecule has 0 saturated heterocycles. The summed E-state index contributed by atoms with van der Waals surface area (Å²) in [5.41, 5.74) is 5.94. The summed E-state index contributed by atoms with van der Waals surface area (Å²) in [5, 5.41) is 0. The smallest absolute Gasteiger partial charge is 0.225 e. The molecule has 1 fully saturated rings. The van der Waals surface area contributed by atoms with Crippen molar-refractivity contribution in [1.82, 2.24) is 14.5 Å². The molecular weight excluding hydrogens is 264 g/mol. The first kappa shape index (κ1) is 16.0. The molecular formula is C13H23ClN4O. The van der Waals surface area contributed by atoms with Crippen LogP contribution in [0.15, 0.2) is 12.4 Å². The number of amides is 1. The van der Waals surface area contributed by atoms with Crippen molar-refractivity contribution < 1.29 is 4.79 Å². The maximum Gasteiger partial charge on any atom is 0.225 e. The SMILES string of the molecule is CN(Cc1nccn1C)C(=O)C1CCCC(N)C1.Cl. The lowest BCUT2D eigenvalue weighted by atomic mass is 9.85. The van der Waals surface area contributed by atoms with Crippen LogP contribution in [0.4, 0.5) is 0 Å². The lowest BCUT2D eigenvalue weighted by Crippen LogP contribution is -2.38. The minimum atomic E-state index is 0. The second kappa shape index (κ2) is 6.91. The van der Waals surface area contributed by atoms with Crippen LogP contribution in [0.1, 0.15) is 31.5 Å². The van der Waals surface area contributed by atoms with Gasteiger partial charge in [0.15, 0.2) is 0 Å². The number of nitrogens with two attached hydrogens (primary N) is 1. The molecule has 0 aliphatic heterocycles. The Hall–Kier alpha value is -1.07. The average molecular weight is 287 g/mol. The van der Waals surface area contributed by atoms with Crippen LogP contribution in [-0.2, 0) is 18.4 Å². The normalized spacial score (nSPS) is 22.7. The maximum atomic E-state index is 12.3. The van der Waals surface area contributed by atoms with Gasteiger partial charge in [-0.2, -0.15) is 0 Å². The Morgan fingerprint density at radius 3 is 2.89 bits per heavy atom. The molecule has 6 heteroatoms. The third-order valence-electron chi connectivity index (χ3n) is 3.74. The van der Waals surface area contributed by atoms with Crippen molar-refractivity contribution in [2.45, 2.75) is 38.3 Å². The molecule has 1 aromatic rings. The number of nitrogens with zero attached hydrogens (tertiary/aromatic N) is 3. The van der Waals surface area contributed by atoms with Gasteiger partial charge < -0.3 is 15.2 Å². The van der Waals surface area contributed by atoms with E-state index in [1.165, 1.54) is 0 Å². The number of carbonyl (C=O) groups is 1. The van der Waals surface area contributed by atoms with Crippen LogP contribution in [0.5, 0.6) is 0 Å². The zero-order valence-corrected chi connectivity index (χ0v) is 12.4. The number of aromatic nitrogens is 2. The van der Waals surface area contributed by atoms with Gasteiger partial charge in [-0.1, -0.05) is 6.42 Å². The summed E-state index contributed by atoms with van der Waals surface area (Å²) in [7, 11) is 3.79. The summed E-state index contributed by atoms with van der Waals surface area (Å²) in [6, 6.07) is 0.189. The molecule has 0 spiro atoms. The van der Waals surface area contributed by atoms with E-state index in [9.17, 15) is 4.79 Å². The molecule has 1 saturated carbocycles. The van der Waals surface area contributed by atoms with Gasteiger partial charge >= 0.3 is 0 Å². The number of imidazole rings is 1. The van der Waals surface area contributed by atoms with Crippen LogP contribution in [0.25, 0.3) is 0 Å². The minimum absolute atomic E-state index is 0. The molecule has 2 unspecified atom stereocenters. The Labute approximate surface area is 120 Å². The highest BCUT2D eigenvalue weighted by Crippen LogP contribution is 2.24. The Kier molecular flexibility index (Phi) is 5.82. The van der Waals surface area contributed by atoms with E-state index in [0.717, 1.165) is 31.5 Å². The lowest BCUT2D eigenvalue weighted by Gasteiger charge is -2.29. The molecule has 0 aromatic carbocycles. The topological polar surface area (TPSA) is 64.2 Å². The van der Waals surface area contributed by atoms with Crippen molar-refractivity contribution in [3.63, 3.8) is 0 Å². The van der Waals surface area contributed by atoms with E-state index in [-0.39, 0.29) is 30.3 Å². The predicted octanol–water partition coefficient (Wildman–Crippen LogP) is 1.32. The van der Waals surface area contributed by atoms with Gasteiger partial charge in [0.25, 0.3) is 0 Å². The van der Waals surface area contributed by atoms with E-state index >= 15 is 0 Å². The summed E-state index contributed by atoms with van der Waals surface area (Å²) in [5.74, 6) is 1.21. The number of rotatable bonds is 3. The third-order valence-corrected chi connectivity index (χ3v) is 3.74. The summed E-state index contributed by atoms with van der Waals surface area (Å²) in [4.78, 5) is 18.3. The minimum Gasteiger partial charge on any atom is -0.338 e. The molecule has 2 rings (SSSR count). The van der Waals surface area contributed by atoms with Crippen molar-refractivity contribution >= 4 is 18.3 Å². The van der Waals surface area contributed by atoms with E-state index < -0.39 is 0 Å². The average Bonchev–Trinajstić information content (AvgIpc) is 2.74. The number of hydrogen-bond donors (Lipinski definition) is 1. The number of hydrogen-bond acceptors (Lipinski definition) is 3. The highest BCUT2D eigenvalue weighted by atomic mass is 35.5. The Morgan fingerprint density at radius 1 is 1.58 bits per heavy atom. The van der Waals surface area contributed by atoms with Crippen LogP contribution in [0.3, 0.4) is 0 Å². The standard InChI is InChI=1S/C13H22N4O.ClH/c1-16-7-6-15-12(16)9-17(2)13(18)10-4-3-5-11(14)8-10;/h6-7,10-11H,3-5,8-9,14H2,1-2H3;1H. The van der Waals surface area contributed by atoms with Crippen LogP contribution in [-0.4, -0.2) is 33.4 Å². The third kappa shape index (κ3) is 3.94. The van der Waals surface area contributed by atoms with Gasteiger partial charge in [0.2, 0.25) is 5.91 Å². The highest BCUT2D eigenvalue weighted by molar-refractivity contribution is 5.85. The second-order valence-electron chi connectivity index (χ2n) is 5.27. The van der Waals surface area contributed by atoms with Crippen LogP contribution >= 0.6 is 12.4 Å². The molecule has 0 radical (unpaired) electrons. The van der Waals surface area contributed by atoms with Gasteiger partial charge in [-0.3, -0.25) is 4.79 Å². The first-order chi connectivity index (χ1) is 8.58. The van der Waals surface area contributed by atoms with E-state index in [1.807, 2.05) is 24.9 Å². The zero-order chi connectivity index (χ0) is 13.1. The van der Waals surface area contributed by atoms with Crippen molar-refractivity contribution in [3.8, 4) is 0 Å². The van der Waals surface area contributed by atoms with Gasteiger partial charge in [0.1, 0.15) is 5.82 Å². The fourth-order valence-electron chi connectivity index (χ4n) is 2.60. The van der Waals surface area contributed by atoms with Crippen LogP contribution < -0.4 is 5.73 Å². The second-order valence-corrected chi connectivity index (χ2v) is 5.27. The monoisotopic (exact) mass is 286 g/mol. The largest absolute Gasteiger partial charge is 0.338 e. The van der Waals surface area contributed by atoms with Gasteiger partial charge in [0.05, 0.1) is 6.54 Å². The molecule has 108 valence electrons. The van der Waals surface area contributed by atoms with Crippen molar-refractivity contribution in [1.29, 1.82) is 0 Å². The first-order valence-electron chi connectivity index (χ1n) is 6.54. The summed E-state index contributed by atoms with van der Waals surface area (Å²) >= 11 is 0. The molecule has 0 bridgehead atoms. The summed E-state index contributed by atoms with van der Waals surface area (Å²) in [6.45, 7) is 0.564. The quantitative estimate of drug-likeness (QED) is 0.911. The lowest BCUT2D eigenvalue weighted by molar-refractivity contribution is -0.136. The Bertz CT molecular complexity index is 421. The first-order valence-corrected chi connectivity index (χ1v) is 6.54. The van der Waals surface area contributed by atoms with Crippen molar-refractivity contribution in [2.75, 3.05) is 7.05 Å². The maximum absolute atomic E-state index is 12.3. The predicted molar refractivity (Wildman–Crippen MR) is 76.9 cm³/mol. The fourth-order valence-corrected chi connectivity index (χ4v) is 2.60. The molecule has 1 aromatic heterocycles. The molecule has 1 aliphatic carbocycles. The molecule has 5 nitrogen and oxygen atoms in total. The molecule has 19 heavy (non-hydrogen) atoms. The molecule has 1 heterocycles. The number of halogens is 1. The van der Waals surface area contributed by atoms with Gasteiger partial charge in [-0.25, -0.2) is 4.98 Å². The summed E-state index contributed by atoms with van der Waals surface area (Å²) < 4.78 is 1.94. The summed E-state index contributed by atoms with van der Waals surface area (Å²) in [6.07, 6.45) is 7.55. The van der Waals surface area contributed by atoms with Gasteiger partial charge in [0, 0.05) is 38.4 Å². The van der Waals surface area contributed by atoms with Crippen LogP contribution in [0, 0.1) is 5.92 Å². The van der Waals surface area contributed by atoms with Crippen molar-refractivity contribution in [2.24, 2.45) is 18.7 Å². The van der Waals surface area contributed by atoms with Crippen molar-refractivity contribution in [3.05, 3.63) is 18.2 Å². The van der Waals surface area contributed by atoms with Gasteiger partial charge in [-0.15, -0.1) is 12.4 Å². The molecule has 2 atom stereocenters. The zero-order valence-electron chi connectivity index (χ0n) is 11.6. The van der Waals surface area contributed by atoms with Crippen LogP contribution in [0.2, 0.25) is 0 Å². The van der Waals surface area contributed by atoms with E-state index in [0.29, 0.717) is 6.54 Å². The van der Waals surface area contributed by atoms with E-state index in [4.69, 9.17) is 5.73 Å². The number of aryl methyl sites for hydroxylation is 1. The van der Waals surface area contributed by atoms with E-state index in [1.54, 1.807) is 11.1 Å². The molecule has 1 aliphatic rings. The highest BCUT2D eigenvalue weighted by Gasteiger charge is 2.27. The van der Waals surface area contributed by atoms with E-state index in [2.05, 4.69) is 4.98 Å². The molecule has 2 N–H and O–H groups in total. The fraction of sp³-hybridized carbons (Fsp3) is 0.692. The van der Waals surface area contributed by atoms with Gasteiger partial charge in [-0.05, 0) is 19.3 Å². The Morgan fingerprint density at radius 2 is 2.32 bits per heavy atom. The number of carbonyl (C=O) groups excluding carboxylic acids is 1. The Balaban J connectivity index is 0.00000180.